The number of rotatable bonds is 8. The highest BCUT2D eigenvalue weighted by Crippen LogP contribution is 2.18. The fraction of sp³-hybridized carbons (Fsp3) is 0.130. The summed E-state index contributed by atoms with van der Waals surface area (Å²) in [5.74, 6) is 0.731. The summed E-state index contributed by atoms with van der Waals surface area (Å²) in [6.45, 7) is 0.157. The number of methoxy groups -OCH3 is 1. The molecule has 0 fully saturated rings. The summed E-state index contributed by atoms with van der Waals surface area (Å²) in [6, 6.07) is 17.2. The van der Waals surface area contributed by atoms with Crippen LogP contribution in [0.2, 0.25) is 0 Å². The molecule has 2 aromatic heterocycles. The topological polar surface area (TPSA) is 112 Å². The zero-order valence-corrected chi connectivity index (χ0v) is 18.1. The monoisotopic (exact) mass is 446 g/mol. The summed E-state index contributed by atoms with van der Waals surface area (Å²) >= 11 is 0. The van der Waals surface area contributed by atoms with Crippen molar-refractivity contribution >= 4 is 23.2 Å². The third-order valence-corrected chi connectivity index (χ3v) is 4.64. The van der Waals surface area contributed by atoms with Crippen LogP contribution in [0.4, 0.5) is 11.4 Å². The average molecular weight is 446 g/mol. The molecule has 2 heterocycles. The second kappa shape index (κ2) is 9.69. The van der Waals surface area contributed by atoms with Crippen LogP contribution < -0.4 is 20.1 Å². The normalized spacial score (nSPS) is 10.5. The van der Waals surface area contributed by atoms with Crippen molar-refractivity contribution in [3.8, 4) is 11.5 Å². The van der Waals surface area contributed by atoms with Gasteiger partial charge in [-0.2, -0.15) is 10.2 Å². The Labute approximate surface area is 189 Å². The lowest BCUT2D eigenvalue weighted by molar-refractivity contribution is 0.101. The number of hydrogen-bond acceptors (Lipinski definition) is 6. The van der Waals surface area contributed by atoms with Crippen LogP contribution in [0.1, 0.15) is 21.0 Å². The zero-order valence-electron chi connectivity index (χ0n) is 18.1. The number of carbonyl (C=O) groups is 2. The molecule has 0 bridgehead atoms. The van der Waals surface area contributed by atoms with E-state index >= 15 is 0 Å². The molecule has 0 aliphatic heterocycles. The molecule has 0 aliphatic rings. The number of nitrogens with one attached hydrogen (secondary N) is 2. The summed E-state index contributed by atoms with van der Waals surface area (Å²) in [4.78, 5) is 24.7. The molecule has 2 N–H and O–H groups in total. The summed E-state index contributed by atoms with van der Waals surface area (Å²) in [7, 11) is 3.34. The van der Waals surface area contributed by atoms with E-state index in [1.165, 1.54) is 4.68 Å². The van der Waals surface area contributed by atoms with E-state index in [1.807, 2.05) is 0 Å². The van der Waals surface area contributed by atoms with E-state index in [0.717, 1.165) is 5.75 Å². The minimum absolute atomic E-state index is 0.157. The predicted octanol–water partition coefficient (Wildman–Crippen LogP) is 3.17. The largest absolute Gasteiger partial charge is 0.497 e. The SMILES string of the molecule is COc1ccc(OCn2ccc(C(=O)Nc3ccc(NC(=O)c4ccn(C)n4)cc3)n2)cc1. The number of benzene rings is 2. The number of amides is 2. The van der Waals surface area contributed by atoms with Crippen molar-refractivity contribution in [1.29, 1.82) is 0 Å². The van der Waals surface area contributed by atoms with Crippen LogP contribution in [-0.4, -0.2) is 38.5 Å². The van der Waals surface area contributed by atoms with E-state index in [1.54, 1.807) is 91.9 Å². The molecule has 2 aromatic carbocycles. The summed E-state index contributed by atoms with van der Waals surface area (Å²) in [6.07, 6.45) is 3.36. The lowest BCUT2D eigenvalue weighted by Gasteiger charge is -2.07. The van der Waals surface area contributed by atoms with Gasteiger partial charge >= 0.3 is 0 Å². The first kappa shape index (κ1) is 21.6. The summed E-state index contributed by atoms with van der Waals surface area (Å²) in [5, 5.41) is 13.8. The quantitative estimate of drug-likeness (QED) is 0.430. The fourth-order valence-electron chi connectivity index (χ4n) is 2.93. The first-order valence-electron chi connectivity index (χ1n) is 10.0. The van der Waals surface area contributed by atoms with Crippen LogP contribution in [0, 0.1) is 0 Å². The minimum Gasteiger partial charge on any atom is -0.497 e. The smallest absolute Gasteiger partial charge is 0.276 e. The minimum atomic E-state index is -0.358. The first-order chi connectivity index (χ1) is 16.0. The van der Waals surface area contributed by atoms with E-state index in [-0.39, 0.29) is 24.2 Å². The molecule has 4 aromatic rings. The molecule has 2 amide bonds. The standard InChI is InChI=1S/C23H22N6O4/c1-28-13-11-20(26-28)22(30)24-16-3-5-17(6-4-16)25-23(31)21-12-14-29(27-21)15-33-19-9-7-18(32-2)8-10-19/h3-14H,15H2,1-2H3,(H,24,30)(H,25,31). The maximum atomic E-state index is 12.5. The second-order valence-electron chi connectivity index (χ2n) is 7.05. The van der Waals surface area contributed by atoms with Crippen molar-refractivity contribution in [2.45, 2.75) is 6.73 Å². The molecule has 0 aliphatic carbocycles. The van der Waals surface area contributed by atoms with Gasteiger partial charge in [-0.05, 0) is 60.7 Å². The van der Waals surface area contributed by atoms with Gasteiger partial charge in [-0.25, -0.2) is 4.68 Å². The van der Waals surface area contributed by atoms with E-state index in [4.69, 9.17) is 9.47 Å². The molecule has 0 saturated heterocycles. The number of nitrogens with zero attached hydrogens (tertiary/aromatic N) is 4. The van der Waals surface area contributed by atoms with Crippen molar-refractivity contribution in [2.24, 2.45) is 7.05 Å². The average Bonchev–Trinajstić information content (AvgIpc) is 3.48. The molecule has 33 heavy (non-hydrogen) atoms. The maximum absolute atomic E-state index is 12.5. The Kier molecular flexibility index (Phi) is 6.35. The summed E-state index contributed by atoms with van der Waals surface area (Å²) in [5.41, 5.74) is 1.73. The molecule has 0 spiro atoms. The molecule has 10 heteroatoms. The highest BCUT2D eigenvalue weighted by molar-refractivity contribution is 6.04. The third kappa shape index (κ3) is 5.56. The fourth-order valence-corrected chi connectivity index (χ4v) is 2.93. The first-order valence-corrected chi connectivity index (χ1v) is 10.0. The molecule has 0 atom stereocenters. The van der Waals surface area contributed by atoms with E-state index in [0.29, 0.717) is 22.8 Å². The second-order valence-corrected chi connectivity index (χ2v) is 7.05. The van der Waals surface area contributed by atoms with Crippen LogP contribution in [0.25, 0.3) is 0 Å². The number of aryl methyl sites for hydroxylation is 1. The highest BCUT2D eigenvalue weighted by Gasteiger charge is 2.12. The lowest BCUT2D eigenvalue weighted by atomic mass is 10.2. The van der Waals surface area contributed by atoms with Crippen molar-refractivity contribution < 1.29 is 19.1 Å². The van der Waals surface area contributed by atoms with Gasteiger partial charge in [0.25, 0.3) is 11.8 Å². The van der Waals surface area contributed by atoms with Crippen LogP contribution in [0.5, 0.6) is 11.5 Å². The Bertz CT molecular complexity index is 1240. The van der Waals surface area contributed by atoms with Gasteiger partial charge in [0.05, 0.1) is 7.11 Å². The summed E-state index contributed by atoms with van der Waals surface area (Å²) < 4.78 is 13.8. The number of ether oxygens (including phenoxy) is 2. The number of hydrogen-bond donors (Lipinski definition) is 2. The molecular weight excluding hydrogens is 424 g/mol. The van der Waals surface area contributed by atoms with Gasteiger partial charge in [0.1, 0.15) is 11.5 Å². The van der Waals surface area contributed by atoms with Crippen LogP contribution in [0.15, 0.2) is 73.1 Å². The molecule has 0 unspecified atom stereocenters. The molecule has 4 rings (SSSR count). The Morgan fingerprint density at radius 3 is 1.88 bits per heavy atom. The van der Waals surface area contributed by atoms with Crippen LogP contribution in [-0.2, 0) is 13.8 Å². The van der Waals surface area contributed by atoms with Gasteiger partial charge < -0.3 is 20.1 Å². The lowest BCUT2D eigenvalue weighted by Crippen LogP contribution is -2.15. The van der Waals surface area contributed by atoms with Gasteiger partial charge in [0, 0.05) is 30.8 Å². The Morgan fingerprint density at radius 2 is 1.33 bits per heavy atom. The van der Waals surface area contributed by atoms with Crippen molar-refractivity contribution in [2.75, 3.05) is 17.7 Å². The third-order valence-electron chi connectivity index (χ3n) is 4.64. The van der Waals surface area contributed by atoms with Gasteiger partial charge in [-0.15, -0.1) is 0 Å². The van der Waals surface area contributed by atoms with E-state index < -0.39 is 0 Å². The molecular formula is C23H22N6O4. The number of anilines is 2. The van der Waals surface area contributed by atoms with Gasteiger partial charge in [0.2, 0.25) is 0 Å². The highest BCUT2D eigenvalue weighted by atomic mass is 16.5. The van der Waals surface area contributed by atoms with Crippen molar-refractivity contribution in [3.63, 3.8) is 0 Å². The Hall–Kier alpha value is -4.60. The number of aromatic nitrogens is 4. The maximum Gasteiger partial charge on any atom is 0.276 e. The Morgan fingerprint density at radius 1 is 0.788 bits per heavy atom. The Balaban J connectivity index is 1.30. The predicted molar refractivity (Wildman–Crippen MR) is 121 cm³/mol. The van der Waals surface area contributed by atoms with Gasteiger partial charge in [0.15, 0.2) is 18.1 Å². The zero-order chi connectivity index (χ0) is 23.2. The van der Waals surface area contributed by atoms with Crippen LogP contribution >= 0.6 is 0 Å². The van der Waals surface area contributed by atoms with E-state index in [2.05, 4.69) is 20.8 Å². The molecule has 10 nitrogen and oxygen atoms in total. The van der Waals surface area contributed by atoms with Gasteiger partial charge in [-0.1, -0.05) is 0 Å². The van der Waals surface area contributed by atoms with Crippen LogP contribution in [0.3, 0.4) is 0 Å². The molecule has 168 valence electrons. The van der Waals surface area contributed by atoms with Gasteiger partial charge in [-0.3, -0.25) is 14.3 Å². The molecule has 0 saturated carbocycles. The van der Waals surface area contributed by atoms with E-state index in [9.17, 15) is 9.59 Å². The number of carbonyl (C=O) groups excluding carboxylic acids is 2. The van der Waals surface area contributed by atoms with Crippen molar-refractivity contribution in [3.05, 3.63) is 84.4 Å². The molecule has 0 radical (unpaired) electrons. The van der Waals surface area contributed by atoms with Crippen molar-refractivity contribution in [1.82, 2.24) is 19.6 Å².